The van der Waals surface area contributed by atoms with Crippen molar-refractivity contribution in [3.63, 3.8) is 0 Å². The molecule has 2 fully saturated rings. The molecule has 1 N–H and O–H groups in total. The molecule has 2 heterocycles. The molecule has 2 aliphatic rings. The van der Waals surface area contributed by atoms with Gasteiger partial charge in [-0.25, -0.2) is 0 Å². The lowest BCUT2D eigenvalue weighted by atomic mass is 10.0. The maximum atomic E-state index is 3.96. The fourth-order valence-corrected chi connectivity index (χ4v) is 3.67. The molecular weight excluding hydrogens is 234 g/mol. The summed E-state index contributed by atoms with van der Waals surface area (Å²) < 4.78 is 0. The molecule has 112 valence electrons. The van der Waals surface area contributed by atoms with Gasteiger partial charge in [0.05, 0.1) is 0 Å². The minimum absolute atomic E-state index is 0.747. The molecule has 0 amide bonds. The highest BCUT2D eigenvalue weighted by Crippen LogP contribution is 2.15. The number of likely N-dealkylation sites (N-methyl/N-ethyl adjacent to an activating group) is 1. The van der Waals surface area contributed by atoms with Crippen molar-refractivity contribution in [2.75, 3.05) is 39.3 Å². The van der Waals surface area contributed by atoms with Crippen molar-refractivity contribution in [3.05, 3.63) is 0 Å². The molecule has 0 aliphatic carbocycles. The Labute approximate surface area is 119 Å². The van der Waals surface area contributed by atoms with E-state index in [-0.39, 0.29) is 0 Å². The van der Waals surface area contributed by atoms with Crippen LogP contribution in [-0.4, -0.2) is 61.2 Å². The maximum Gasteiger partial charge on any atom is 0.0198 e. The predicted octanol–water partition coefficient (Wildman–Crippen LogP) is 2.32. The molecule has 2 rings (SSSR count). The maximum absolute atomic E-state index is 3.96. The summed E-state index contributed by atoms with van der Waals surface area (Å²) in [5.41, 5.74) is 0. The number of piperidine rings is 1. The van der Waals surface area contributed by atoms with Gasteiger partial charge in [-0.05, 0) is 71.2 Å². The topological polar surface area (TPSA) is 18.5 Å². The Morgan fingerprint density at radius 1 is 0.895 bits per heavy atom. The zero-order chi connectivity index (χ0) is 13.5. The first kappa shape index (κ1) is 15.3. The number of nitrogens with one attached hydrogen (secondary N) is 1. The van der Waals surface area contributed by atoms with Crippen LogP contribution in [0.5, 0.6) is 0 Å². The van der Waals surface area contributed by atoms with Crippen molar-refractivity contribution >= 4 is 0 Å². The molecular formula is C16H33N3. The number of nitrogens with zero attached hydrogens (tertiary/aromatic N) is 2. The molecule has 3 heteroatoms. The van der Waals surface area contributed by atoms with E-state index >= 15 is 0 Å². The van der Waals surface area contributed by atoms with E-state index in [0.29, 0.717) is 0 Å². The average molecular weight is 267 g/mol. The molecule has 0 aromatic carbocycles. The largest absolute Gasteiger partial charge is 0.310 e. The van der Waals surface area contributed by atoms with Gasteiger partial charge in [-0.1, -0.05) is 13.8 Å². The Morgan fingerprint density at radius 3 is 2.37 bits per heavy atom. The number of rotatable bonds is 5. The Balaban J connectivity index is 1.73. The van der Waals surface area contributed by atoms with Crippen LogP contribution in [0, 0.1) is 0 Å². The molecule has 0 aromatic rings. The van der Waals surface area contributed by atoms with Crippen LogP contribution in [0.1, 0.15) is 52.4 Å². The minimum atomic E-state index is 0.747. The van der Waals surface area contributed by atoms with E-state index in [1.807, 2.05) is 0 Å². The number of likely N-dealkylation sites (tertiary alicyclic amines) is 2. The molecule has 19 heavy (non-hydrogen) atoms. The first-order valence-electron chi connectivity index (χ1n) is 8.52. The molecule has 0 bridgehead atoms. The highest BCUT2D eigenvalue weighted by Gasteiger charge is 2.23. The number of hydrogen-bond donors (Lipinski definition) is 1. The fourth-order valence-electron chi connectivity index (χ4n) is 3.67. The molecule has 0 spiro atoms. The Kier molecular flexibility index (Phi) is 6.62. The van der Waals surface area contributed by atoms with Crippen molar-refractivity contribution in [2.24, 2.45) is 0 Å². The predicted molar refractivity (Wildman–Crippen MR) is 82.6 cm³/mol. The van der Waals surface area contributed by atoms with Crippen LogP contribution in [0.15, 0.2) is 0 Å². The highest BCUT2D eigenvalue weighted by molar-refractivity contribution is 4.83. The van der Waals surface area contributed by atoms with Gasteiger partial charge in [0.15, 0.2) is 0 Å². The molecule has 0 saturated carbocycles. The van der Waals surface area contributed by atoms with Crippen molar-refractivity contribution in [2.45, 2.75) is 64.5 Å². The third-order valence-electron chi connectivity index (χ3n) is 4.78. The monoisotopic (exact) mass is 267 g/mol. The van der Waals surface area contributed by atoms with Gasteiger partial charge in [0.25, 0.3) is 0 Å². The first-order chi connectivity index (χ1) is 9.31. The summed E-state index contributed by atoms with van der Waals surface area (Å²) >= 11 is 0. The van der Waals surface area contributed by atoms with E-state index in [1.54, 1.807) is 0 Å². The third kappa shape index (κ3) is 5.05. The molecule has 2 unspecified atom stereocenters. The van der Waals surface area contributed by atoms with Crippen molar-refractivity contribution in [1.29, 1.82) is 0 Å². The second-order valence-corrected chi connectivity index (χ2v) is 6.37. The molecule has 0 aromatic heterocycles. The second kappa shape index (κ2) is 8.23. The van der Waals surface area contributed by atoms with Crippen LogP contribution in [0.2, 0.25) is 0 Å². The standard InChI is InChI=1S/C16H33N3/c1-3-10-19-12-5-7-15(9-13-19)17-16-8-6-11-18(4-2)14-16/h15-17H,3-14H2,1-2H3. The van der Waals surface area contributed by atoms with Gasteiger partial charge in [0.1, 0.15) is 0 Å². The summed E-state index contributed by atoms with van der Waals surface area (Å²) in [6.07, 6.45) is 8.16. The van der Waals surface area contributed by atoms with E-state index in [9.17, 15) is 0 Å². The van der Waals surface area contributed by atoms with Gasteiger partial charge in [-0.2, -0.15) is 0 Å². The summed E-state index contributed by atoms with van der Waals surface area (Å²) in [7, 11) is 0. The van der Waals surface area contributed by atoms with E-state index in [2.05, 4.69) is 29.0 Å². The normalized spacial score (nSPS) is 31.3. The molecule has 2 aliphatic heterocycles. The average Bonchev–Trinajstić information content (AvgIpc) is 2.65. The Hall–Kier alpha value is -0.120. The minimum Gasteiger partial charge on any atom is -0.310 e. The van der Waals surface area contributed by atoms with Crippen molar-refractivity contribution in [1.82, 2.24) is 15.1 Å². The van der Waals surface area contributed by atoms with Crippen LogP contribution in [-0.2, 0) is 0 Å². The van der Waals surface area contributed by atoms with Crippen LogP contribution in [0.4, 0.5) is 0 Å². The summed E-state index contributed by atoms with van der Waals surface area (Å²) in [6.45, 7) is 12.3. The summed E-state index contributed by atoms with van der Waals surface area (Å²) in [5, 5.41) is 3.96. The summed E-state index contributed by atoms with van der Waals surface area (Å²) in [4.78, 5) is 5.25. The van der Waals surface area contributed by atoms with E-state index in [1.165, 1.54) is 77.8 Å². The third-order valence-corrected chi connectivity index (χ3v) is 4.78. The molecule has 0 radical (unpaired) electrons. The SMILES string of the molecule is CCCN1CCCC(NC2CCCN(CC)C2)CC1. The van der Waals surface area contributed by atoms with Crippen molar-refractivity contribution < 1.29 is 0 Å². The lowest BCUT2D eigenvalue weighted by Gasteiger charge is -2.34. The fraction of sp³-hybridized carbons (Fsp3) is 1.00. The lowest BCUT2D eigenvalue weighted by molar-refractivity contribution is 0.187. The van der Waals surface area contributed by atoms with Crippen LogP contribution < -0.4 is 5.32 Å². The van der Waals surface area contributed by atoms with Crippen molar-refractivity contribution in [3.8, 4) is 0 Å². The summed E-state index contributed by atoms with van der Waals surface area (Å²) in [5.74, 6) is 0. The quantitative estimate of drug-likeness (QED) is 0.825. The second-order valence-electron chi connectivity index (χ2n) is 6.37. The number of hydrogen-bond acceptors (Lipinski definition) is 3. The van der Waals surface area contributed by atoms with Gasteiger partial charge in [-0.3, -0.25) is 0 Å². The Bertz CT molecular complexity index is 244. The van der Waals surface area contributed by atoms with Gasteiger partial charge in [-0.15, -0.1) is 0 Å². The lowest BCUT2D eigenvalue weighted by Crippen LogP contribution is -2.49. The zero-order valence-corrected chi connectivity index (χ0v) is 13.0. The van der Waals surface area contributed by atoms with E-state index < -0.39 is 0 Å². The van der Waals surface area contributed by atoms with Crippen LogP contribution >= 0.6 is 0 Å². The van der Waals surface area contributed by atoms with Gasteiger partial charge < -0.3 is 15.1 Å². The molecule has 2 atom stereocenters. The zero-order valence-electron chi connectivity index (χ0n) is 13.0. The smallest absolute Gasteiger partial charge is 0.0198 e. The van der Waals surface area contributed by atoms with Gasteiger partial charge >= 0.3 is 0 Å². The summed E-state index contributed by atoms with van der Waals surface area (Å²) in [6, 6.07) is 1.51. The van der Waals surface area contributed by atoms with Gasteiger partial charge in [0, 0.05) is 18.6 Å². The highest BCUT2D eigenvalue weighted by atomic mass is 15.2. The van der Waals surface area contributed by atoms with Gasteiger partial charge in [0.2, 0.25) is 0 Å². The van der Waals surface area contributed by atoms with E-state index in [4.69, 9.17) is 0 Å². The van der Waals surface area contributed by atoms with Crippen LogP contribution in [0.3, 0.4) is 0 Å². The van der Waals surface area contributed by atoms with E-state index in [0.717, 1.165) is 12.1 Å². The molecule has 2 saturated heterocycles. The molecule has 3 nitrogen and oxygen atoms in total. The van der Waals surface area contributed by atoms with Crippen LogP contribution in [0.25, 0.3) is 0 Å². The first-order valence-corrected chi connectivity index (χ1v) is 8.52. The Morgan fingerprint density at radius 2 is 1.63 bits per heavy atom.